The molecule has 3 heterocycles. The van der Waals surface area contributed by atoms with Crippen LogP contribution in [0.3, 0.4) is 0 Å². The molecule has 0 amide bonds. The number of hydrogen-bond donors (Lipinski definition) is 0. The zero-order chi connectivity index (χ0) is 19.9. The fraction of sp³-hybridized carbons (Fsp3) is 0.522. The van der Waals surface area contributed by atoms with Gasteiger partial charge in [0, 0.05) is 49.7 Å². The second kappa shape index (κ2) is 7.53. The fourth-order valence-corrected chi connectivity index (χ4v) is 4.45. The Morgan fingerprint density at radius 1 is 1.04 bits per heavy atom. The van der Waals surface area contributed by atoms with Gasteiger partial charge in [-0.2, -0.15) is 8.78 Å². The number of nitrogens with zero attached hydrogens (tertiary/aromatic N) is 3. The van der Waals surface area contributed by atoms with Gasteiger partial charge >= 0.3 is 0 Å². The maximum atomic E-state index is 14.8. The van der Waals surface area contributed by atoms with Gasteiger partial charge in [-0.3, -0.25) is 14.8 Å². The molecule has 0 bridgehead atoms. The summed E-state index contributed by atoms with van der Waals surface area (Å²) < 4.78 is 29.6. The molecule has 1 atom stereocenters. The largest absolute Gasteiger partial charge is 0.296 e. The topological polar surface area (TPSA) is 19.4 Å². The molecule has 150 valence electrons. The summed E-state index contributed by atoms with van der Waals surface area (Å²) in [5.41, 5.74) is 4.65. The minimum Gasteiger partial charge on any atom is -0.296 e. The Hall–Kier alpha value is -1.85. The van der Waals surface area contributed by atoms with Crippen molar-refractivity contribution >= 4 is 0 Å². The Morgan fingerprint density at radius 2 is 1.82 bits per heavy atom. The standard InChI is InChI=1S/C23H29F2N3/c1-16(2)28-14-21-5-4-18(11-22(21)23(24,25)15-28)10-17(3)27-9-7-19-12-26-8-6-20(19)13-27/h4-6,8,11-12,16-17H,7,9-10,13-15H2,1-3H3. The molecule has 0 aliphatic carbocycles. The first-order valence-corrected chi connectivity index (χ1v) is 10.2. The van der Waals surface area contributed by atoms with E-state index < -0.39 is 5.92 Å². The fourth-order valence-electron chi connectivity index (χ4n) is 4.45. The van der Waals surface area contributed by atoms with E-state index in [0.29, 0.717) is 12.6 Å². The second-order valence-electron chi connectivity index (χ2n) is 8.61. The van der Waals surface area contributed by atoms with Crippen LogP contribution in [-0.4, -0.2) is 40.0 Å². The molecule has 1 aromatic carbocycles. The van der Waals surface area contributed by atoms with E-state index in [-0.39, 0.29) is 18.2 Å². The lowest BCUT2D eigenvalue weighted by atomic mass is 9.91. The summed E-state index contributed by atoms with van der Waals surface area (Å²) in [5.74, 6) is -2.78. The van der Waals surface area contributed by atoms with Crippen molar-refractivity contribution in [2.45, 2.75) is 64.7 Å². The average molecular weight is 386 g/mol. The molecule has 1 aromatic heterocycles. The number of fused-ring (bicyclic) bond motifs is 2. The summed E-state index contributed by atoms with van der Waals surface area (Å²) in [6.45, 7) is 8.47. The van der Waals surface area contributed by atoms with E-state index in [9.17, 15) is 8.78 Å². The van der Waals surface area contributed by atoms with Gasteiger partial charge in [0.2, 0.25) is 0 Å². The molecule has 0 fully saturated rings. The van der Waals surface area contributed by atoms with Crippen molar-refractivity contribution < 1.29 is 8.78 Å². The molecule has 0 radical (unpaired) electrons. The minimum atomic E-state index is -2.78. The Balaban J connectivity index is 1.49. The summed E-state index contributed by atoms with van der Waals surface area (Å²) in [7, 11) is 0. The molecule has 0 saturated carbocycles. The normalized spacial score (nSPS) is 20.6. The summed E-state index contributed by atoms with van der Waals surface area (Å²) in [4.78, 5) is 8.51. The van der Waals surface area contributed by atoms with E-state index in [2.05, 4.69) is 22.9 Å². The highest BCUT2D eigenvalue weighted by Crippen LogP contribution is 2.38. The van der Waals surface area contributed by atoms with Crippen LogP contribution >= 0.6 is 0 Å². The molecule has 3 nitrogen and oxygen atoms in total. The van der Waals surface area contributed by atoms with Gasteiger partial charge in [-0.25, -0.2) is 0 Å². The van der Waals surface area contributed by atoms with Crippen LogP contribution in [-0.2, 0) is 31.9 Å². The summed E-state index contributed by atoms with van der Waals surface area (Å²) in [6.07, 6.45) is 5.60. The molecule has 0 saturated heterocycles. The van der Waals surface area contributed by atoms with E-state index in [1.807, 2.05) is 43.3 Å². The number of pyridine rings is 1. The minimum absolute atomic E-state index is 0.121. The van der Waals surface area contributed by atoms with Gasteiger partial charge in [0.15, 0.2) is 0 Å². The van der Waals surface area contributed by atoms with Crippen molar-refractivity contribution in [3.8, 4) is 0 Å². The lowest BCUT2D eigenvalue weighted by Gasteiger charge is -2.37. The van der Waals surface area contributed by atoms with Crippen LogP contribution in [0.25, 0.3) is 0 Å². The lowest BCUT2D eigenvalue weighted by molar-refractivity contribution is -0.0601. The number of aromatic nitrogens is 1. The van der Waals surface area contributed by atoms with Crippen LogP contribution < -0.4 is 0 Å². The van der Waals surface area contributed by atoms with Crippen molar-refractivity contribution in [1.82, 2.24) is 14.8 Å². The highest BCUT2D eigenvalue weighted by molar-refractivity contribution is 5.38. The van der Waals surface area contributed by atoms with Gasteiger partial charge < -0.3 is 0 Å². The molecule has 2 aliphatic heterocycles. The predicted octanol–water partition coefficient (Wildman–Crippen LogP) is 4.39. The number of rotatable bonds is 4. The number of halogens is 2. The summed E-state index contributed by atoms with van der Waals surface area (Å²) >= 11 is 0. The van der Waals surface area contributed by atoms with Gasteiger partial charge in [-0.05, 0) is 68.0 Å². The van der Waals surface area contributed by atoms with E-state index in [4.69, 9.17) is 0 Å². The average Bonchev–Trinajstić information content (AvgIpc) is 2.67. The zero-order valence-corrected chi connectivity index (χ0v) is 17.0. The second-order valence-corrected chi connectivity index (χ2v) is 8.61. The summed E-state index contributed by atoms with van der Waals surface area (Å²) in [6, 6.07) is 8.23. The van der Waals surface area contributed by atoms with Crippen LogP contribution in [0.4, 0.5) is 8.78 Å². The third-order valence-electron chi connectivity index (χ3n) is 6.27. The van der Waals surface area contributed by atoms with Crippen molar-refractivity contribution in [2.24, 2.45) is 0 Å². The molecular formula is C23H29F2N3. The van der Waals surface area contributed by atoms with Crippen molar-refractivity contribution in [3.05, 3.63) is 64.5 Å². The zero-order valence-electron chi connectivity index (χ0n) is 17.0. The first-order chi connectivity index (χ1) is 13.3. The van der Waals surface area contributed by atoms with Gasteiger partial charge in [0.05, 0.1) is 6.54 Å². The predicted molar refractivity (Wildman–Crippen MR) is 107 cm³/mol. The molecule has 5 heteroatoms. The molecule has 2 aliphatic rings. The van der Waals surface area contributed by atoms with Crippen LogP contribution in [0.5, 0.6) is 0 Å². The van der Waals surface area contributed by atoms with Gasteiger partial charge in [0.1, 0.15) is 0 Å². The van der Waals surface area contributed by atoms with Crippen LogP contribution in [0.2, 0.25) is 0 Å². The number of benzene rings is 1. The molecular weight excluding hydrogens is 356 g/mol. The Kier molecular flexibility index (Phi) is 5.23. The van der Waals surface area contributed by atoms with Crippen LogP contribution in [0, 0.1) is 0 Å². The molecule has 28 heavy (non-hydrogen) atoms. The van der Waals surface area contributed by atoms with E-state index in [1.54, 1.807) is 6.07 Å². The third-order valence-corrected chi connectivity index (χ3v) is 6.27. The van der Waals surface area contributed by atoms with E-state index in [0.717, 1.165) is 37.1 Å². The van der Waals surface area contributed by atoms with Crippen molar-refractivity contribution in [2.75, 3.05) is 13.1 Å². The van der Waals surface area contributed by atoms with Gasteiger partial charge in [-0.15, -0.1) is 0 Å². The van der Waals surface area contributed by atoms with Gasteiger partial charge in [-0.1, -0.05) is 12.1 Å². The molecule has 1 unspecified atom stereocenters. The molecule has 0 N–H and O–H groups in total. The molecule has 0 spiro atoms. The number of alkyl halides is 2. The van der Waals surface area contributed by atoms with Crippen molar-refractivity contribution in [3.63, 3.8) is 0 Å². The maximum Gasteiger partial charge on any atom is 0.285 e. The quantitative estimate of drug-likeness (QED) is 0.778. The van der Waals surface area contributed by atoms with Crippen LogP contribution in [0.15, 0.2) is 36.7 Å². The van der Waals surface area contributed by atoms with E-state index >= 15 is 0 Å². The monoisotopic (exact) mass is 385 g/mol. The van der Waals surface area contributed by atoms with Gasteiger partial charge in [0.25, 0.3) is 5.92 Å². The first-order valence-electron chi connectivity index (χ1n) is 10.2. The highest BCUT2D eigenvalue weighted by Gasteiger charge is 2.41. The summed E-state index contributed by atoms with van der Waals surface area (Å²) in [5, 5.41) is 0. The maximum absolute atomic E-state index is 14.8. The first kappa shape index (κ1) is 19.5. The Labute approximate surface area is 166 Å². The number of hydrogen-bond acceptors (Lipinski definition) is 3. The van der Waals surface area contributed by atoms with E-state index in [1.165, 1.54) is 11.1 Å². The van der Waals surface area contributed by atoms with Crippen LogP contribution in [0.1, 0.15) is 48.6 Å². The third kappa shape index (κ3) is 3.83. The molecule has 2 aromatic rings. The Bertz CT molecular complexity index is 849. The highest BCUT2D eigenvalue weighted by atomic mass is 19.3. The lowest BCUT2D eigenvalue weighted by Crippen LogP contribution is -2.44. The molecule has 4 rings (SSSR count). The van der Waals surface area contributed by atoms with Crippen molar-refractivity contribution in [1.29, 1.82) is 0 Å². The SMILES string of the molecule is CC(C)N1Cc2ccc(CC(C)N3CCc4cnccc4C3)cc2C(F)(F)C1. The Morgan fingerprint density at radius 3 is 2.61 bits per heavy atom. The smallest absolute Gasteiger partial charge is 0.285 e.